The maximum absolute atomic E-state index is 9.00. The summed E-state index contributed by atoms with van der Waals surface area (Å²) in [5.41, 5.74) is 0. The summed E-state index contributed by atoms with van der Waals surface area (Å²) in [7, 11) is 0. The first-order valence-corrected chi connectivity index (χ1v) is 3.71. The third-order valence-electron chi connectivity index (χ3n) is 0. The molecule has 4 N–H and O–H groups in total. The van der Waals surface area contributed by atoms with Gasteiger partial charge in [-0.2, -0.15) is 0 Å². The van der Waals surface area contributed by atoms with Crippen molar-refractivity contribution in [3.63, 3.8) is 0 Å². The van der Waals surface area contributed by atoms with Crippen LogP contribution in [-0.2, 0) is 19.2 Å². The van der Waals surface area contributed by atoms with Gasteiger partial charge in [0.1, 0.15) is 0 Å². The van der Waals surface area contributed by atoms with E-state index in [1.54, 1.807) is 0 Å². The molecule has 0 aromatic rings. The van der Waals surface area contributed by atoms with Gasteiger partial charge in [-0.15, -0.1) is 0 Å². The van der Waals surface area contributed by atoms with Gasteiger partial charge in [0, 0.05) is 27.7 Å². The summed E-state index contributed by atoms with van der Waals surface area (Å²) in [5.74, 6) is -3.33. The van der Waals surface area contributed by atoms with Crippen LogP contribution in [0.1, 0.15) is 27.7 Å². The summed E-state index contributed by atoms with van der Waals surface area (Å²) < 4.78 is 0. The zero-order valence-electron chi connectivity index (χ0n) is 9.92. The molecule has 17 heavy (non-hydrogen) atoms. The summed E-state index contributed by atoms with van der Waals surface area (Å²) in [5, 5.41) is 29.7. The fraction of sp³-hybridized carbons (Fsp3) is 0.500. The van der Waals surface area contributed by atoms with E-state index in [-0.39, 0.29) is 27.3 Å². The minimum atomic E-state index is -0.833. The van der Waals surface area contributed by atoms with Crippen molar-refractivity contribution in [3.8, 4) is 0 Å². The van der Waals surface area contributed by atoms with Crippen LogP contribution in [-0.4, -0.2) is 71.6 Å². The van der Waals surface area contributed by atoms with Gasteiger partial charge in [-0.25, -0.2) is 0 Å². The van der Waals surface area contributed by atoms with E-state index in [4.69, 9.17) is 39.6 Å². The molecule has 0 fully saturated rings. The summed E-state index contributed by atoms with van der Waals surface area (Å²) in [6, 6.07) is 0. The number of rotatable bonds is 0. The molecular formula is C8H16O8Pb+2. The number of hydrogen-bond acceptors (Lipinski definition) is 4. The molecule has 8 nitrogen and oxygen atoms in total. The summed E-state index contributed by atoms with van der Waals surface area (Å²) in [4.78, 5) is 36.0. The quantitative estimate of drug-likeness (QED) is 0.379. The number of carboxylic acid groups (broad SMARTS) is 4. The Morgan fingerprint density at radius 2 is 0.529 bits per heavy atom. The van der Waals surface area contributed by atoms with Crippen molar-refractivity contribution < 1.29 is 39.6 Å². The molecule has 0 aliphatic carbocycles. The monoisotopic (exact) mass is 448 g/mol. The Labute approximate surface area is 118 Å². The van der Waals surface area contributed by atoms with Gasteiger partial charge in [-0.1, -0.05) is 0 Å². The molecule has 0 heterocycles. The van der Waals surface area contributed by atoms with Gasteiger partial charge in [0.25, 0.3) is 23.9 Å². The largest absolute Gasteiger partial charge is 2.00 e. The Balaban J connectivity index is -0.0000000369. The maximum atomic E-state index is 9.00. The van der Waals surface area contributed by atoms with Gasteiger partial charge < -0.3 is 20.4 Å². The molecule has 0 aliphatic rings. The Kier molecular flexibility index (Phi) is 42.2. The average molecular weight is 447 g/mol. The van der Waals surface area contributed by atoms with E-state index in [9.17, 15) is 0 Å². The van der Waals surface area contributed by atoms with Crippen LogP contribution in [0, 0.1) is 0 Å². The van der Waals surface area contributed by atoms with Gasteiger partial charge >= 0.3 is 27.3 Å². The molecule has 2 radical (unpaired) electrons. The first-order valence-electron chi connectivity index (χ1n) is 3.71. The van der Waals surface area contributed by atoms with Gasteiger partial charge in [0.2, 0.25) is 0 Å². The fourth-order valence-electron chi connectivity index (χ4n) is 0. The third-order valence-corrected chi connectivity index (χ3v) is 0. The van der Waals surface area contributed by atoms with Crippen LogP contribution in [0.4, 0.5) is 0 Å². The maximum Gasteiger partial charge on any atom is 2.00 e. The van der Waals surface area contributed by atoms with Crippen molar-refractivity contribution in [2.75, 3.05) is 0 Å². The molecule has 0 aliphatic heterocycles. The standard InChI is InChI=1S/4C2H4O2.Pb/c4*1-2(3)4;/h4*1H3,(H,3,4);/q;;;;+2. The van der Waals surface area contributed by atoms with Gasteiger partial charge in [0.15, 0.2) is 0 Å². The van der Waals surface area contributed by atoms with E-state index in [2.05, 4.69) is 0 Å². The molecule has 98 valence electrons. The van der Waals surface area contributed by atoms with Crippen LogP contribution in [0.3, 0.4) is 0 Å². The first kappa shape index (κ1) is 29.7. The van der Waals surface area contributed by atoms with Gasteiger partial charge in [-0.05, 0) is 0 Å². The predicted octanol–water partition coefficient (Wildman–Crippen LogP) is -0.0172. The van der Waals surface area contributed by atoms with Crippen molar-refractivity contribution in [2.24, 2.45) is 0 Å². The number of carbonyl (C=O) groups is 4. The molecule has 0 saturated heterocycles. The second-order valence-electron chi connectivity index (χ2n) is 2.08. The average Bonchev–Trinajstić information content (AvgIpc) is 1.76. The smallest absolute Gasteiger partial charge is 0.481 e. The Morgan fingerprint density at radius 3 is 0.529 bits per heavy atom. The van der Waals surface area contributed by atoms with Crippen molar-refractivity contribution in [1.29, 1.82) is 0 Å². The number of carboxylic acids is 4. The SMILES string of the molecule is CC(=O)O.CC(=O)O.CC(=O)O.CC(=O)O.[Pb+2]. The van der Waals surface area contributed by atoms with E-state index in [1.165, 1.54) is 0 Å². The summed E-state index contributed by atoms with van der Waals surface area (Å²) >= 11 is 0. The van der Waals surface area contributed by atoms with Crippen LogP contribution in [0.15, 0.2) is 0 Å². The molecule has 0 amide bonds. The van der Waals surface area contributed by atoms with E-state index in [0.717, 1.165) is 27.7 Å². The van der Waals surface area contributed by atoms with Crippen LogP contribution in [0.5, 0.6) is 0 Å². The molecule has 0 aromatic carbocycles. The van der Waals surface area contributed by atoms with E-state index >= 15 is 0 Å². The summed E-state index contributed by atoms with van der Waals surface area (Å²) in [6.07, 6.45) is 0. The molecule has 0 aromatic heterocycles. The van der Waals surface area contributed by atoms with Gasteiger partial charge in [0.05, 0.1) is 0 Å². The second-order valence-corrected chi connectivity index (χ2v) is 2.08. The molecule has 0 unspecified atom stereocenters. The molecule has 0 atom stereocenters. The van der Waals surface area contributed by atoms with Crippen LogP contribution >= 0.6 is 0 Å². The van der Waals surface area contributed by atoms with Gasteiger partial charge in [-0.3, -0.25) is 19.2 Å². The molecule has 0 spiro atoms. The molecule has 0 saturated carbocycles. The van der Waals surface area contributed by atoms with E-state index in [0.29, 0.717) is 0 Å². The van der Waals surface area contributed by atoms with Crippen molar-refractivity contribution in [1.82, 2.24) is 0 Å². The topological polar surface area (TPSA) is 149 Å². The summed E-state index contributed by atoms with van der Waals surface area (Å²) in [6.45, 7) is 4.33. The van der Waals surface area contributed by atoms with Crippen LogP contribution in [0.25, 0.3) is 0 Å². The first-order chi connectivity index (χ1) is 6.93. The zero-order chi connectivity index (χ0) is 14.3. The van der Waals surface area contributed by atoms with E-state index < -0.39 is 23.9 Å². The third kappa shape index (κ3) is 1690. The fourth-order valence-corrected chi connectivity index (χ4v) is 0. The van der Waals surface area contributed by atoms with Crippen molar-refractivity contribution in [2.45, 2.75) is 27.7 Å². The minimum absolute atomic E-state index is 0. The predicted molar refractivity (Wildman–Crippen MR) is 59.0 cm³/mol. The van der Waals surface area contributed by atoms with Crippen LogP contribution < -0.4 is 0 Å². The molecule has 0 bridgehead atoms. The normalized spacial score (nSPS) is 5.88. The molecular weight excluding hydrogens is 431 g/mol. The minimum Gasteiger partial charge on any atom is -0.481 e. The molecule has 0 rings (SSSR count). The Morgan fingerprint density at radius 1 is 0.529 bits per heavy atom. The van der Waals surface area contributed by atoms with E-state index in [1.807, 2.05) is 0 Å². The Bertz CT molecular complexity index is 162. The van der Waals surface area contributed by atoms with Crippen molar-refractivity contribution >= 4 is 51.2 Å². The zero-order valence-corrected chi connectivity index (χ0v) is 13.8. The number of hydrogen-bond donors (Lipinski definition) is 4. The molecule has 9 heteroatoms. The van der Waals surface area contributed by atoms with Crippen LogP contribution in [0.2, 0.25) is 0 Å². The number of aliphatic carboxylic acids is 4. The Hall–Kier alpha value is -1.20. The second kappa shape index (κ2) is 24.2. The van der Waals surface area contributed by atoms with Crippen molar-refractivity contribution in [3.05, 3.63) is 0 Å².